The van der Waals surface area contributed by atoms with Crippen LogP contribution in [0.15, 0.2) is 48.5 Å². The Hall–Kier alpha value is -2.40. The van der Waals surface area contributed by atoms with E-state index in [9.17, 15) is 14.3 Å². The highest BCUT2D eigenvalue weighted by molar-refractivity contribution is 5.95. The molecule has 2 aromatic rings. The molecule has 0 aliphatic rings. The highest BCUT2D eigenvalue weighted by Crippen LogP contribution is 2.12. The number of hydrogen-bond acceptors (Lipinski definition) is 3. The van der Waals surface area contributed by atoms with Crippen molar-refractivity contribution in [1.29, 1.82) is 0 Å². The monoisotopic (exact) mass is 288 g/mol. The van der Waals surface area contributed by atoms with Crippen LogP contribution in [-0.2, 0) is 6.42 Å². The second-order valence-corrected chi connectivity index (χ2v) is 4.78. The largest absolute Gasteiger partial charge is 0.396 e. The average Bonchev–Trinajstić information content (AvgIpc) is 2.50. The number of carbonyl (C=O) groups is 1. The Morgan fingerprint density at radius 1 is 1.24 bits per heavy atom. The van der Waals surface area contributed by atoms with Crippen LogP contribution >= 0.6 is 0 Å². The maximum atomic E-state index is 13.1. The number of anilines is 1. The highest BCUT2D eigenvalue weighted by Gasteiger charge is 2.14. The number of nitrogens with two attached hydrogens (primary N) is 1. The lowest BCUT2D eigenvalue weighted by molar-refractivity contribution is 0.0916. The Kier molecular flexibility index (Phi) is 4.90. The molecule has 110 valence electrons. The van der Waals surface area contributed by atoms with E-state index < -0.39 is 17.8 Å². The molecule has 0 bridgehead atoms. The molecule has 1 amide bonds. The van der Waals surface area contributed by atoms with E-state index in [4.69, 9.17) is 5.73 Å². The lowest BCUT2D eigenvalue weighted by Gasteiger charge is -2.16. The maximum absolute atomic E-state index is 13.1. The minimum Gasteiger partial charge on any atom is -0.396 e. The van der Waals surface area contributed by atoms with Crippen molar-refractivity contribution in [3.8, 4) is 0 Å². The van der Waals surface area contributed by atoms with Crippen molar-refractivity contribution >= 4 is 11.6 Å². The third-order valence-corrected chi connectivity index (χ3v) is 3.14. The van der Waals surface area contributed by atoms with E-state index in [1.54, 1.807) is 0 Å². The Labute approximate surface area is 122 Å². The molecule has 0 unspecified atom stereocenters. The van der Waals surface area contributed by atoms with Gasteiger partial charge in [-0.2, -0.15) is 0 Å². The highest BCUT2D eigenvalue weighted by atomic mass is 19.1. The molecule has 5 heteroatoms. The number of nitrogens with one attached hydrogen (secondary N) is 1. The van der Waals surface area contributed by atoms with Crippen LogP contribution in [0.5, 0.6) is 0 Å². The lowest BCUT2D eigenvalue weighted by Crippen LogP contribution is -2.39. The maximum Gasteiger partial charge on any atom is 0.251 e. The number of aliphatic hydroxyl groups is 1. The predicted octanol–water partition coefficient (Wildman–Crippen LogP) is 1.74. The van der Waals surface area contributed by atoms with Crippen molar-refractivity contribution in [2.75, 3.05) is 12.3 Å². The summed E-state index contributed by atoms with van der Waals surface area (Å²) < 4.78 is 13.1. The molecule has 0 heterocycles. The van der Waals surface area contributed by atoms with Gasteiger partial charge in [-0.05, 0) is 30.2 Å². The second kappa shape index (κ2) is 6.85. The van der Waals surface area contributed by atoms with E-state index in [-0.39, 0.29) is 17.9 Å². The number of benzene rings is 2. The molecule has 0 saturated heterocycles. The summed E-state index contributed by atoms with van der Waals surface area (Å²) in [5.74, 6) is -0.953. The molecule has 0 spiro atoms. The summed E-state index contributed by atoms with van der Waals surface area (Å²) in [5.41, 5.74) is 6.64. The third kappa shape index (κ3) is 4.03. The van der Waals surface area contributed by atoms with Gasteiger partial charge in [0.15, 0.2) is 0 Å². The van der Waals surface area contributed by atoms with Gasteiger partial charge in [0.2, 0.25) is 0 Å². The van der Waals surface area contributed by atoms with Crippen molar-refractivity contribution < 1.29 is 14.3 Å². The zero-order valence-electron chi connectivity index (χ0n) is 11.4. The molecule has 2 rings (SSSR count). The van der Waals surface area contributed by atoms with Crippen molar-refractivity contribution in [3.63, 3.8) is 0 Å². The van der Waals surface area contributed by atoms with Gasteiger partial charge in [-0.1, -0.05) is 30.3 Å². The molecule has 2 aromatic carbocycles. The Bertz CT molecular complexity index is 617. The van der Waals surface area contributed by atoms with Crippen LogP contribution in [0.1, 0.15) is 15.9 Å². The molecule has 21 heavy (non-hydrogen) atoms. The van der Waals surface area contributed by atoms with Gasteiger partial charge in [-0.25, -0.2) is 4.39 Å². The smallest absolute Gasteiger partial charge is 0.251 e. The molecule has 0 saturated carbocycles. The average molecular weight is 288 g/mol. The van der Waals surface area contributed by atoms with Gasteiger partial charge < -0.3 is 16.2 Å². The SMILES string of the molecule is Nc1cc(C(=O)N[C@H](CO)Cc2ccccc2)ccc1F. The second-order valence-electron chi connectivity index (χ2n) is 4.78. The van der Waals surface area contributed by atoms with E-state index in [1.165, 1.54) is 12.1 Å². The van der Waals surface area contributed by atoms with Crippen molar-refractivity contribution in [1.82, 2.24) is 5.32 Å². The molecule has 0 aliphatic heterocycles. The minimum atomic E-state index is -0.561. The molecular formula is C16H17FN2O2. The fourth-order valence-electron chi connectivity index (χ4n) is 2.01. The number of aliphatic hydroxyl groups excluding tert-OH is 1. The Morgan fingerprint density at radius 2 is 1.95 bits per heavy atom. The fraction of sp³-hybridized carbons (Fsp3) is 0.188. The van der Waals surface area contributed by atoms with Gasteiger partial charge in [0.25, 0.3) is 5.91 Å². The molecule has 4 N–H and O–H groups in total. The van der Waals surface area contributed by atoms with Crippen LogP contribution in [-0.4, -0.2) is 23.7 Å². The molecule has 0 aliphatic carbocycles. The first-order valence-corrected chi connectivity index (χ1v) is 6.61. The summed E-state index contributed by atoms with van der Waals surface area (Å²) >= 11 is 0. The van der Waals surface area contributed by atoms with E-state index >= 15 is 0 Å². The van der Waals surface area contributed by atoms with E-state index in [1.807, 2.05) is 30.3 Å². The number of hydrogen-bond donors (Lipinski definition) is 3. The summed E-state index contributed by atoms with van der Waals surface area (Å²) in [4.78, 5) is 12.1. The lowest BCUT2D eigenvalue weighted by atomic mass is 10.1. The predicted molar refractivity (Wildman–Crippen MR) is 79.3 cm³/mol. The summed E-state index contributed by atoms with van der Waals surface area (Å²) in [6.45, 7) is -0.183. The minimum absolute atomic E-state index is 0.0775. The van der Waals surface area contributed by atoms with Gasteiger partial charge in [0.05, 0.1) is 18.3 Å². The normalized spacial score (nSPS) is 11.9. The van der Waals surface area contributed by atoms with Gasteiger partial charge in [-0.15, -0.1) is 0 Å². The zero-order chi connectivity index (χ0) is 15.2. The topological polar surface area (TPSA) is 75.4 Å². The van der Waals surface area contributed by atoms with Gasteiger partial charge in [0.1, 0.15) is 5.82 Å². The van der Waals surface area contributed by atoms with Crippen LogP contribution < -0.4 is 11.1 Å². The van der Waals surface area contributed by atoms with Crippen LogP contribution in [0, 0.1) is 5.82 Å². The first-order chi connectivity index (χ1) is 10.1. The molecule has 0 fully saturated rings. The summed E-state index contributed by atoms with van der Waals surface area (Å²) in [5, 5.41) is 12.1. The molecule has 1 atom stereocenters. The quantitative estimate of drug-likeness (QED) is 0.734. The summed E-state index contributed by atoms with van der Waals surface area (Å²) in [6, 6.07) is 12.9. The first kappa shape index (κ1) is 15.0. The third-order valence-electron chi connectivity index (χ3n) is 3.14. The number of carbonyl (C=O) groups excluding carboxylic acids is 1. The molecule has 0 radical (unpaired) electrons. The first-order valence-electron chi connectivity index (χ1n) is 6.61. The van der Waals surface area contributed by atoms with Gasteiger partial charge in [0, 0.05) is 5.56 Å². The standard InChI is InChI=1S/C16H17FN2O2/c17-14-7-6-12(9-15(14)18)16(21)19-13(10-20)8-11-4-2-1-3-5-11/h1-7,9,13,20H,8,10,18H2,(H,19,21)/t13-/m0/s1. The number of nitrogen functional groups attached to an aromatic ring is 1. The van der Waals surface area contributed by atoms with E-state index in [0.717, 1.165) is 11.6 Å². The van der Waals surface area contributed by atoms with Crippen molar-refractivity contribution in [3.05, 3.63) is 65.5 Å². The zero-order valence-corrected chi connectivity index (χ0v) is 11.4. The number of rotatable bonds is 5. The molecular weight excluding hydrogens is 271 g/mol. The van der Waals surface area contributed by atoms with Gasteiger partial charge in [-0.3, -0.25) is 4.79 Å². The van der Waals surface area contributed by atoms with E-state index in [2.05, 4.69) is 5.32 Å². The van der Waals surface area contributed by atoms with Crippen LogP contribution in [0.2, 0.25) is 0 Å². The Morgan fingerprint density at radius 3 is 2.57 bits per heavy atom. The fourth-order valence-corrected chi connectivity index (χ4v) is 2.01. The summed E-state index contributed by atoms with van der Waals surface area (Å²) in [7, 11) is 0. The van der Waals surface area contributed by atoms with Crippen LogP contribution in [0.4, 0.5) is 10.1 Å². The summed E-state index contributed by atoms with van der Waals surface area (Å²) in [6.07, 6.45) is 0.514. The van der Waals surface area contributed by atoms with Crippen LogP contribution in [0.3, 0.4) is 0 Å². The molecule has 4 nitrogen and oxygen atoms in total. The van der Waals surface area contributed by atoms with Crippen molar-refractivity contribution in [2.24, 2.45) is 0 Å². The van der Waals surface area contributed by atoms with Crippen LogP contribution in [0.25, 0.3) is 0 Å². The Balaban J connectivity index is 2.04. The van der Waals surface area contributed by atoms with Crippen molar-refractivity contribution in [2.45, 2.75) is 12.5 Å². The molecule has 0 aromatic heterocycles. The van der Waals surface area contributed by atoms with E-state index in [0.29, 0.717) is 6.42 Å². The number of amides is 1. The van der Waals surface area contributed by atoms with Gasteiger partial charge >= 0.3 is 0 Å². The number of halogens is 1.